The van der Waals surface area contributed by atoms with Gasteiger partial charge < -0.3 is 40.4 Å². The molecule has 0 bridgehead atoms. The molecular formula is C59H69N13O6. The number of phenols is 2. The van der Waals surface area contributed by atoms with Gasteiger partial charge in [-0.1, -0.05) is 69.0 Å². The molecule has 19 nitrogen and oxygen atoms in total. The van der Waals surface area contributed by atoms with Crippen LogP contribution in [-0.2, 0) is 33.9 Å². The summed E-state index contributed by atoms with van der Waals surface area (Å²) in [6.07, 6.45) is 5.66. The van der Waals surface area contributed by atoms with Gasteiger partial charge in [0.05, 0.1) is 42.0 Å². The first-order chi connectivity index (χ1) is 37.8. The van der Waals surface area contributed by atoms with Gasteiger partial charge in [-0.05, 0) is 104 Å². The van der Waals surface area contributed by atoms with Crippen LogP contribution in [0.5, 0.6) is 11.5 Å². The van der Waals surface area contributed by atoms with E-state index >= 15 is 0 Å². The zero-order valence-electron chi connectivity index (χ0n) is 44.5. The number of fused-ring (bicyclic) bond motifs is 2. The molecule has 1 atom stereocenters. The number of hydrogen-bond acceptors (Lipinski definition) is 14. The average molecular weight is 1060 g/mol. The van der Waals surface area contributed by atoms with Crippen LogP contribution in [0.15, 0.2) is 96.3 Å². The molecule has 2 aromatic heterocycles. The van der Waals surface area contributed by atoms with Gasteiger partial charge in [0.2, 0.25) is 23.7 Å². The van der Waals surface area contributed by atoms with Gasteiger partial charge in [0.15, 0.2) is 5.82 Å². The van der Waals surface area contributed by atoms with E-state index < -0.39 is 5.69 Å². The summed E-state index contributed by atoms with van der Waals surface area (Å²) in [4.78, 5) is 73.5. The van der Waals surface area contributed by atoms with Crippen LogP contribution in [0, 0.1) is 23.2 Å². The van der Waals surface area contributed by atoms with E-state index in [0.29, 0.717) is 81.7 Å². The Bertz CT molecular complexity index is 3270. The van der Waals surface area contributed by atoms with E-state index in [4.69, 9.17) is 9.97 Å². The molecule has 10 rings (SSSR count). The van der Waals surface area contributed by atoms with Crippen molar-refractivity contribution in [1.29, 1.82) is 5.26 Å². The molecule has 0 aliphatic carbocycles. The second-order valence-corrected chi connectivity index (χ2v) is 21.4. The first kappa shape index (κ1) is 53.2. The first-order valence-electron chi connectivity index (χ1n) is 27.4. The maximum atomic E-state index is 13.8. The quantitative estimate of drug-likeness (QED) is 0.0656. The summed E-state index contributed by atoms with van der Waals surface area (Å²) in [6, 6.07) is 27.3. The number of amides is 3. The monoisotopic (exact) mass is 1060 g/mol. The number of nitriles is 1. The van der Waals surface area contributed by atoms with Crippen molar-refractivity contribution in [2.45, 2.75) is 83.8 Å². The second-order valence-electron chi connectivity index (χ2n) is 21.4. The van der Waals surface area contributed by atoms with Crippen molar-refractivity contribution in [3.05, 3.63) is 124 Å². The molecule has 3 amide bonds. The Morgan fingerprint density at radius 1 is 0.897 bits per heavy atom. The maximum absolute atomic E-state index is 13.8. The molecule has 6 aromatic rings. The van der Waals surface area contributed by atoms with Crippen molar-refractivity contribution in [2.75, 3.05) is 80.6 Å². The number of nitrogens with zero attached hydrogens (tertiary/aromatic N) is 10. The van der Waals surface area contributed by atoms with Crippen LogP contribution in [0.3, 0.4) is 0 Å². The number of aromatic hydroxyl groups is 2. The van der Waals surface area contributed by atoms with Crippen molar-refractivity contribution in [1.82, 2.24) is 44.7 Å². The summed E-state index contributed by atoms with van der Waals surface area (Å²) < 4.78 is 1.41. The molecule has 78 heavy (non-hydrogen) atoms. The van der Waals surface area contributed by atoms with E-state index in [-0.39, 0.29) is 71.7 Å². The van der Waals surface area contributed by atoms with E-state index in [1.54, 1.807) is 11.0 Å². The number of likely N-dealkylation sites (tertiary alicyclic amines) is 2. The SMILES string of the molecule is C=CC(=O)N1CCN(c2nc(NCCC(=O)NCC3CCN(C(=O)C4CCN(Cc5ccc(-n6c(-c7cc(C(C)C)c(O)cc7O)n[nH]c6=O)cc5)CC4)CC3)nc3c2CCN(c2cccc4ccccc24)C3)CC1CC#N. The number of H-pyrrole nitrogens is 1. The van der Waals surface area contributed by atoms with Crippen LogP contribution in [0.2, 0.25) is 0 Å². The highest BCUT2D eigenvalue weighted by Gasteiger charge is 2.35. The molecule has 0 spiro atoms. The number of carbonyl (C=O) groups is 3. The molecule has 19 heteroatoms. The summed E-state index contributed by atoms with van der Waals surface area (Å²) in [7, 11) is 0. The zero-order valence-corrected chi connectivity index (χ0v) is 44.5. The van der Waals surface area contributed by atoms with E-state index in [1.165, 1.54) is 27.5 Å². The molecule has 6 heterocycles. The molecule has 0 saturated carbocycles. The number of aromatic nitrogens is 5. The fourth-order valence-electron chi connectivity index (χ4n) is 11.7. The normalized spacial score (nSPS) is 17.5. The Kier molecular flexibility index (Phi) is 16.1. The minimum Gasteiger partial charge on any atom is -0.508 e. The predicted octanol–water partition coefficient (Wildman–Crippen LogP) is 6.45. The molecule has 0 radical (unpaired) electrons. The number of carbonyl (C=O) groups excluding carboxylic acids is 3. The number of benzene rings is 4. The van der Waals surface area contributed by atoms with Crippen LogP contribution in [0.25, 0.3) is 27.8 Å². The standard InChI is InChI=1S/C59H69N13O6/c1-4-54(76)71-31-30-70(36-44(71)16-23-60)55-46-22-29-69(50-11-7-9-41-8-5-6-10-45(41)50)37-49(46)63-58(64-55)61-24-17-53(75)62-34-39-18-27-68(28-19-39)57(77)42-20-25-67(26-21-42)35-40-12-14-43(15-13-40)72-56(65-66-59(72)78)48-32-47(38(2)3)51(73)33-52(48)74/h4-15,32-33,38-39,42,44,73-74H,1,16-22,24-31,34-37H2,2-3H3,(H,62,75)(H,66,78)(H,61,63,64). The lowest BCUT2D eigenvalue weighted by atomic mass is 9.92. The Morgan fingerprint density at radius 3 is 2.42 bits per heavy atom. The van der Waals surface area contributed by atoms with Crippen LogP contribution in [-0.4, -0.2) is 139 Å². The summed E-state index contributed by atoms with van der Waals surface area (Å²) in [6.45, 7) is 14.9. The Hall–Kier alpha value is -8.24. The zero-order chi connectivity index (χ0) is 54.5. The largest absolute Gasteiger partial charge is 0.508 e. The molecule has 4 aliphatic heterocycles. The van der Waals surface area contributed by atoms with Crippen LogP contribution < -0.4 is 26.1 Å². The molecule has 406 valence electrons. The third kappa shape index (κ3) is 11.5. The lowest BCUT2D eigenvalue weighted by Gasteiger charge is -2.42. The number of piperazine rings is 1. The first-order valence-corrected chi connectivity index (χ1v) is 27.4. The summed E-state index contributed by atoms with van der Waals surface area (Å²) in [5.74, 6) is 1.49. The van der Waals surface area contributed by atoms with Gasteiger partial charge in [-0.15, -0.1) is 0 Å². The van der Waals surface area contributed by atoms with Gasteiger partial charge in [0.25, 0.3) is 0 Å². The molecule has 4 aliphatic rings. The van der Waals surface area contributed by atoms with Gasteiger partial charge >= 0.3 is 5.69 Å². The predicted molar refractivity (Wildman–Crippen MR) is 299 cm³/mol. The van der Waals surface area contributed by atoms with Gasteiger partial charge in [0, 0.05) is 93.9 Å². The van der Waals surface area contributed by atoms with Crippen molar-refractivity contribution >= 4 is 45.9 Å². The van der Waals surface area contributed by atoms with E-state index in [2.05, 4.69) is 84.6 Å². The summed E-state index contributed by atoms with van der Waals surface area (Å²) >= 11 is 0. The summed E-state index contributed by atoms with van der Waals surface area (Å²) in [5.41, 5.74) is 5.30. The van der Waals surface area contributed by atoms with E-state index in [1.807, 2.05) is 49.1 Å². The molecule has 3 fully saturated rings. The number of aromatic amines is 1. The number of hydrogen-bond donors (Lipinski definition) is 5. The minimum absolute atomic E-state index is 0.0122. The van der Waals surface area contributed by atoms with Crippen LogP contribution in [0.4, 0.5) is 17.5 Å². The Labute approximate surface area is 454 Å². The second kappa shape index (κ2) is 23.6. The maximum Gasteiger partial charge on any atom is 0.348 e. The highest BCUT2D eigenvalue weighted by molar-refractivity contribution is 5.94. The topological polar surface area (TPSA) is 232 Å². The minimum atomic E-state index is -0.445. The molecule has 3 saturated heterocycles. The van der Waals surface area contributed by atoms with Crippen molar-refractivity contribution in [2.24, 2.45) is 11.8 Å². The molecular weight excluding hydrogens is 987 g/mol. The Balaban J connectivity index is 0.688. The fraction of sp³-hybridized carbons (Fsp3) is 0.424. The van der Waals surface area contributed by atoms with Crippen molar-refractivity contribution < 1.29 is 24.6 Å². The van der Waals surface area contributed by atoms with Gasteiger partial charge in [-0.3, -0.25) is 19.3 Å². The Morgan fingerprint density at radius 2 is 1.67 bits per heavy atom. The number of phenolic OH excluding ortho intramolecular Hbond substituents is 2. The highest BCUT2D eigenvalue weighted by atomic mass is 16.3. The number of anilines is 3. The van der Waals surface area contributed by atoms with E-state index in [9.17, 15) is 34.7 Å². The van der Waals surface area contributed by atoms with Crippen molar-refractivity contribution in [3.63, 3.8) is 0 Å². The van der Waals surface area contributed by atoms with Gasteiger partial charge in [0.1, 0.15) is 17.3 Å². The molecule has 4 aromatic carbocycles. The molecule has 1 unspecified atom stereocenters. The molecule has 5 N–H and O–H groups in total. The number of rotatable bonds is 16. The lowest BCUT2D eigenvalue weighted by Crippen LogP contribution is -2.55. The number of piperidine rings is 2. The number of nitrogens with one attached hydrogen (secondary N) is 3. The van der Waals surface area contributed by atoms with Gasteiger partial charge in [-0.2, -0.15) is 15.3 Å². The van der Waals surface area contributed by atoms with Gasteiger partial charge in [-0.25, -0.2) is 19.4 Å². The third-order valence-corrected chi connectivity index (χ3v) is 16.1. The highest BCUT2D eigenvalue weighted by Crippen LogP contribution is 2.38. The lowest BCUT2D eigenvalue weighted by molar-refractivity contribution is -0.138. The van der Waals surface area contributed by atoms with Crippen molar-refractivity contribution in [3.8, 4) is 34.6 Å². The summed E-state index contributed by atoms with van der Waals surface area (Å²) in [5, 5.41) is 46.3. The third-order valence-electron chi connectivity index (χ3n) is 16.1. The van der Waals surface area contributed by atoms with Crippen LogP contribution in [0.1, 0.15) is 80.7 Å². The average Bonchev–Trinajstić information content (AvgIpc) is 3.92. The van der Waals surface area contributed by atoms with E-state index in [0.717, 1.165) is 80.1 Å². The fourth-order valence-corrected chi connectivity index (χ4v) is 11.7. The van der Waals surface area contributed by atoms with Crippen LogP contribution >= 0.6 is 0 Å². The smallest absolute Gasteiger partial charge is 0.348 e.